The fourth-order valence-electron chi connectivity index (χ4n) is 1.43. The number of benzene rings is 2. The average molecular weight is 298 g/mol. The summed E-state index contributed by atoms with van der Waals surface area (Å²) in [6.45, 7) is 0.457. The van der Waals surface area contributed by atoms with Crippen LogP contribution in [0.1, 0.15) is 5.56 Å². The zero-order chi connectivity index (χ0) is 12.3. The molecule has 0 bridgehead atoms. The van der Waals surface area contributed by atoms with Crippen molar-refractivity contribution in [3.05, 3.63) is 64.1 Å². The molecule has 0 heterocycles. The molecule has 0 aliphatic carbocycles. The molecule has 2 aromatic carbocycles. The lowest BCUT2D eigenvalue weighted by molar-refractivity contribution is 0.626. The van der Waals surface area contributed by atoms with Crippen LogP contribution < -0.4 is 5.32 Å². The van der Waals surface area contributed by atoms with Crippen LogP contribution in [0.5, 0.6) is 0 Å². The Balaban J connectivity index is 2.04. The van der Waals surface area contributed by atoms with E-state index >= 15 is 0 Å². The second-order valence-electron chi connectivity index (χ2n) is 3.60. The predicted molar refractivity (Wildman–Crippen MR) is 67.8 cm³/mol. The average Bonchev–Trinajstić information content (AvgIpc) is 2.30. The lowest BCUT2D eigenvalue weighted by atomic mass is 10.2. The first-order chi connectivity index (χ1) is 8.15. The number of nitrogens with one attached hydrogen (secondary N) is 1. The summed E-state index contributed by atoms with van der Waals surface area (Å²) in [5.74, 6) is -0.593. The molecule has 88 valence electrons. The van der Waals surface area contributed by atoms with Gasteiger partial charge in [0.15, 0.2) is 0 Å². The highest BCUT2D eigenvalue weighted by Crippen LogP contribution is 2.19. The van der Waals surface area contributed by atoms with Gasteiger partial charge in [-0.3, -0.25) is 0 Å². The zero-order valence-electron chi connectivity index (χ0n) is 8.88. The largest absolute Gasteiger partial charge is 0.379 e. The van der Waals surface area contributed by atoms with E-state index in [1.165, 1.54) is 18.2 Å². The summed E-state index contributed by atoms with van der Waals surface area (Å²) < 4.78 is 26.8. The van der Waals surface area contributed by atoms with Gasteiger partial charge in [0, 0.05) is 11.0 Å². The van der Waals surface area contributed by atoms with Gasteiger partial charge in [-0.2, -0.15) is 0 Å². The van der Waals surface area contributed by atoms with E-state index in [4.69, 9.17) is 0 Å². The highest BCUT2D eigenvalue weighted by atomic mass is 79.9. The van der Waals surface area contributed by atoms with Crippen LogP contribution in [-0.2, 0) is 6.54 Å². The third kappa shape index (κ3) is 3.27. The number of halogens is 3. The standard InChI is InChI=1S/C13H10BrF2N/c14-10-3-6-13(12(16)7-10)17-8-9-1-4-11(15)5-2-9/h1-7,17H,8H2. The summed E-state index contributed by atoms with van der Waals surface area (Å²) in [5, 5.41) is 2.96. The molecule has 2 aromatic rings. The van der Waals surface area contributed by atoms with Crippen LogP contribution >= 0.6 is 15.9 Å². The van der Waals surface area contributed by atoms with Gasteiger partial charge in [0.2, 0.25) is 0 Å². The summed E-state index contributed by atoms with van der Waals surface area (Å²) in [7, 11) is 0. The van der Waals surface area contributed by atoms with E-state index in [9.17, 15) is 8.78 Å². The van der Waals surface area contributed by atoms with Crippen LogP contribution in [0.4, 0.5) is 14.5 Å². The number of anilines is 1. The molecule has 0 amide bonds. The quantitative estimate of drug-likeness (QED) is 0.889. The first kappa shape index (κ1) is 12.0. The third-order valence-corrected chi connectivity index (χ3v) is 2.82. The monoisotopic (exact) mass is 297 g/mol. The van der Waals surface area contributed by atoms with Crippen LogP contribution in [0.3, 0.4) is 0 Å². The molecule has 0 aromatic heterocycles. The predicted octanol–water partition coefficient (Wildman–Crippen LogP) is 4.34. The van der Waals surface area contributed by atoms with Crippen molar-refractivity contribution in [1.82, 2.24) is 0 Å². The van der Waals surface area contributed by atoms with Gasteiger partial charge in [0.1, 0.15) is 11.6 Å². The molecule has 0 unspecified atom stereocenters. The molecule has 0 atom stereocenters. The highest BCUT2D eigenvalue weighted by molar-refractivity contribution is 9.10. The van der Waals surface area contributed by atoms with Gasteiger partial charge in [-0.15, -0.1) is 0 Å². The van der Waals surface area contributed by atoms with E-state index in [2.05, 4.69) is 21.2 Å². The fraction of sp³-hybridized carbons (Fsp3) is 0.0769. The van der Waals surface area contributed by atoms with E-state index in [-0.39, 0.29) is 11.6 Å². The Labute approximate surface area is 107 Å². The molecule has 17 heavy (non-hydrogen) atoms. The maximum atomic E-state index is 13.5. The van der Waals surface area contributed by atoms with Gasteiger partial charge in [-0.1, -0.05) is 28.1 Å². The Morgan fingerprint density at radius 3 is 2.35 bits per heavy atom. The second kappa shape index (κ2) is 5.27. The lowest BCUT2D eigenvalue weighted by Gasteiger charge is -2.07. The summed E-state index contributed by atoms with van der Waals surface area (Å²) in [6.07, 6.45) is 0. The van der Waals surface area contributed by atoms with Crippen molar-refractivity contribution in [1.29, 1.82) is 0 Å². The zero-order valence-corrected chi connectivity index (χ0v) is 10.5. The SMILES string of the molecule is Fc1ccc(CNc2ccc(Br)cc2F)cc1. The molecule has 0 saturated carbocycles. The van der Waals surface area contributed by atoms with Crippen LogP contribution in [-0.4, -0.2) is 0 Å². The molecular weight excluding hydrogens is 288 g/mol. The van der Waals surface area contributed by atoms with Crippen molar-refractivity contribution < 1.29 is 8.78 Å². The Hall–Kier alpha value is -1.42. The summed E-state index contributed by atoms with van der Waals surface area (Å²) >= 11 is 3.19. The molecule has 0 radical (unpaired) electrons. The molecule has 0 aliphatic heterocycles. The van der Waals surface area contributed by atoms with Gasteiger partial charge < -0.3 is 5.32 Å². The van der Waals surface area contributed by atoms with Crippen molar-refractivity contribution >= 4 is 21.6 Å². The molecule has 1 N–H and O–H groups in total. The Bertz CT molecular complexity index is 511. The first-order valence-electron chi connectivity index (χ1n) is 5.08. The van der Waals surface area contributed by atoms with Crippen molar-refractivity contribution in [3.8, 4) is 0 Å². The van der Waals surface area contributed by atoms with E-state index in [0.29, 0.717) is 16.7 Å². The molecule has 0 aliphatic rings. The summed E-state index contributed by atoms with van der Waals surface area (Å²) in [5.41, 5.74) is 1.33. The van der Waals surface area contributed by atoms with E-state index < -0.39 is 0 Å². The minimum absolute atomic E-state index is 0.274. The smallest absolute Gasteiger partial charge is 0.147 e. The molecule has 0 fully saturated rings. The van der Waals surface area contributed by atoms with Gasteiger partial charge in [0.05, 0.1) is 5.69 Å². The maximum absolute atomic E-state index is 13.5. The summed E-state index contributed by atoms with van der Waals surface area (Å²) in [4.78, 5) is 0. The molecular formula is C13H10BrF2N. The van der Waals surface area contributed by atoms with Crippen LogP contribution in [0.2, 0.25) is 0 Å². The van der Waals surface area contributed by atoms with Gasteiger partial charge >= 0.3 is 0 Å². The minimum atomic E-state index is -0.318. The third-order valence-electron chi connectivity index (χ3n) is 2.33. The second-order valence-corrected chi connectivity index (χ2v) is 4.52. The van der Waals surface area contributed by atoms with Gasteiger partial charge in [-0.25, -0.2) is 8.78 Å². The number of hydrogen-bond acceptors (Lipinski definition) is 1. The van der Waals surface area contributed by atoms with E-state index in [1.54, 1.807) is 24.3 Å². The van der Waals surface area contributed by atoms with Crippen molar-refractivity contribution in [3.63, 3.8) is 0 Å². The molecule has 0 spiro atoms. The highest BCUT2D eigenvalue weighted by Gasteiger charge is 2.02. The summed E-state index contributed by atoms with van der Waals surface area (Å²) in [6, 6.07) is 10.9. The minimum Gasteiger partial charge on any atom is -0.379 e. The molecule has 2 rings (SSSR count). The number of rotatable bonds is 3. The molecule has 4 heteroatoms. The first-order valence-corrected chi connectivity index (χ1v) is 5.88. The van der Waals surface area contributed by atoms with E-state index in [1.807, 2.05) is 0 Å². The maximum Gasteiger partial charge on any atom is 0.147 e. The van der Waals surface area contributed by atoms with Crippen LogP contribution in [0.25, 0.3) is 0 Å². The van der Waals surface area contributed by atoms with Crippen molar-refractivity contribution in [2.24, 2.45) is 0 Å². The van der Waals surface area contributed by atoms with Gasteiger partial charge in [0.25, 0.3) is 0 Å². The lowest BCUT2D eigenvalue weighted by Crippen LogP contribution is -2.01. The van der Waals surface area contributed by atoms with Crippen molar-refractivity contribution in [2.45, 2.75) is 6.54 Å². The molecule has 1 nitrogen and oxygen atoms in total. The van der Waals surface area contributed by atoms with Crippen molar-refractivity contribution in [2.75, 3.05) is 5.32 Å². The Kier molecular flexibility index (Phi) is 3.74. The van der Waals surface area contributed by atoms with Gasteiger partial charge in [-0.05, 0) is 35.9 Å². The topological polar surface area (TPSA) is 12.0 Å². The normalized spacial score (nSPS) is 10.3. The van der Waals surface area contributed by atoms with Crippen LogP contribution in [0.15, 0.2) is 46.9 Å². The van der Waals surface area contributed by atoms with Crippen LogP contribution in [0, 0.1) is 11.6 Å². The Morgan fingerprint density at radius 1 is 1.00 bits per heavy atom. The Morgan fingerprint density at radius 2 is 1.71 bits per heavy atom. The number of hydrogen-bond donors (Lipinski definition) is 1. The molecule has 0 saturated heterocycles. The fourth-order valence-corrected chi connectivity index (χ4v) is 1.77. The van der Waals surface area contributed by atoms with E-state index in [0.717, 1.165) is 5.56 Å².